The van der Waals surface area contributed by atoms with Crippen molar-refractivity contribution in [2.75, 3.05) is 5.32 Å². The van der Waals surface area contributed by atoms with Crippen molar-refractivity contribution in [2.45, 2.75) is 11.4 Å². The molecule has 0 aliphatic carbocycles. The Hall–Kier alpha value is -2.91. The van der Waals surface area contributed by atoms with Gasteiger partial charge in [0.05, 0.1) is 17.2 Å². The largest absolute Gasteiger partial charge is 0.378 e. The maximum Gasteiger partial charge on any atom is 0.270 e. The Kier molecular flexibility index (Phi) is 3.96. The van der Waals surface area contributed by atoms with E-state index >= 15 is 0 Å². The molecule has 1 heterocycles. The lowest BCUT2D eigenvalue weighted by molar-refractivity contribution is -0.385. The minimum atomic E-state index is -4.10. The average molecular weight is 346 g/mol. The van der Waals surface area contributed by atoms with E-state index in [1.807, 2.05) is 30.3 Å². The molecule has 3 rings (SSSR count). The van der Waals surface area contributed by atoms with E-state index in [2.05, 4.69) is 10.3 Å². The quantitative estimate of drug-likeness (QED) is 0.482. The van der Waals surface area contributed by atoms with E-state index in [4.69, 9.17) is 5.14 Å². The number of para-hydroxylation sites is 1. The molecule has 0 atom stereocenters. The number of sulfonamides is 1. The highest BCUT2D eigenvalue weighted by atomic mass is 32.2. The minimum absolute atomic E-state index is 0.210. The van der Waals surface area contributed by atoms with Crippen LogP contribution in [0, 0.1) is 10.1 Å². The summed E-state index contributed by atoms with van der Waals surface area (Å²) in [5, 5.41) is 20.0. The molecule has 0 radical (unpaired) electrons. The van der Waals surface area contributed by atoms with Crippen molar-refractivity contribution in [3.63, 3.8) is 0 Å². The molecule has 0 aliphatic rings. The van der Waals surface area contributed by atoms with Gasteiger partial charge >= 0.3 is 0 Å². The van der Waals surface area contributed by atoms with Crippen molar-refractivity contribution in [2.24, 2.45) is 5.14 Å². The van der Waals surface area contributed by atoms with Crippen LogP contribution in [-0.2, 0) is 16.6 Å². The first-order chi connectivity index (χ1) is 11.3. The fourth-order valence-electron chi connectivity index (χ4n) is 2.43. The van der Waals surface area contributed by atoms with Crippen molar-refractivity contribution in [3.05, 3.63) is 64.3 Å². The number of non-ortho nitro benzene ring substituents is 1. The number of nitrogens with one attached hydrogen (secondary N) is 2. The number of anilines is 1. The summed E-state index contributed by atoms with van der Waals surface area (Å²) in [6.45, 7) is 0.314. The lowest BCUT2D eigenvalue weighted by atomic mass is 10.2. The van der Waals surface area contributed by atoms with Crippen molar-refractivity contribution in [3.8, 4) is 0 Å². The van der Waals surface area contributed by atoms with Crippen LogP contribution >= 0.6 is 0 Å². The van der Waals surface area contributed by atoms with Crippen LogP contribution in [0.1, 0.15) is 5.69 Å². The molecule has 0 fully saturated rings. The molecule has 0 unspecified atom stereocenters. The number of aromatic nitrogens is 1. The van der Waals surface area contributed by atoms with Gasteiger partial charge in [-0.05, 0) is 23.6 Å². The van der Waals surface area contributed by atoms with Crippen LogP contribution in [-0.4, -0.2) is 18.3 Å². The number of primary sulfonamides is 1. The van der Waals surface area contributed by atoms with Crippen LogP contribution in [0.2, 0.25) is 0 Å². The van der Waals surface area contributed by atoms with Crippen molar-refractivity contribution in [1.29, 1.82) is 0 Å². The Morgan fingerprint density at radius 3 is 2.58 bits per heavy atom. The van der Waals surface area contributed by atoms with Gasteiger partial charge in [0.15, 0.2) is 0 Å². The molecule has 9 heteroatoms. The van der Waals surface area contributed by atoms with E-state index in [1.165, 1.54) is 12.1 Å². The van der Waals surface area contributed by atoms with E-state index in [0.29, 0.717) is 6.54 Å². The van der Waals surface area contributed by atoms with Gasteiger partial charge in [0.2, 0.25) is 10.0 Å². The fraction of sp³-hybridized carbons (Fsp3) is 0.0667. The molecule has 3 aromatic rings. The van der Waals surface area contributed by atoms with Crippen LogP contribution in [0.25, 0.3) is 10.9 Å². The summed E-state index contributed by atoms with van der Waals surface area (Å²) >= 11 is 0. The zero-order valence-electron chi connectivity index (χ0n) is 12.4. The summed E-state index contributed by atoms with van der Waals surface area (Å²) in [6.07, 6.45) is 0. The first-order valence-electron chi connectivity index (χ1n) is 6.96. The lowest BCUT2D eigenvalue weighted by Crippen LogP contribution is -2.15. The molecule has 0 saturated heterocycles. The lowest BCUT2D eigenvalue weighted by Gasteiger charge is -2.09. The predicted octanol–water partition coefficient (Wildman–Crippen LogP) is 2.34. The van der Waals surface area contributed by atoms with Crippen LogP contribution in [0.5, 0.6) is 0 Å². The van der Waals surface area contributed by atoms with Crippen LogP contribution in [0.3, 0.4) is 0 Å². The molecular weight excluding hydrogens is 332 g/mol. The highest BCUT2D eigenvalue weighted by Crippen LogP contribution is 2.26. The highest BCUT2D eigenvalue weighted by molar-refractivity contribution is 7.89. The summed E-state index contributed by atoms with van der Waals surface area (Å²) < 4.78 is 23.4. The van der Waals surface area contributed by atoms with Crippen LogP contribution < -0.4 is 10.5 Å². The minimum Gasteiger partial charge on any atom is -0.378 e. The number of rotatable bonds is 5. The van der Waals surface area contributed by atoms with Gasteiger partial charge in [0.1, 0.15) is 4.90 Å². The van der Waals surface area contributed by atoms with Crippen molar-refractivity contribution in [1.82, 2.24) is 4.98 Å². The van der Waals surface area contributed by atoms with E-state index < -0.39 is 14.9 Å². The number of aromatic amines is 1. The molecule has 0 spiro atoms. The Morgan fingerprint density at radius 1 is 1.17 bits per heavy atom. The molecule has 0 bridgehead atoms. The molecule has 0 aliphatic heterocycles. The van der Waals surface area contributed by atoms with Gasteiger partial charge in [-0.25, -0.2) is 13.6 Å². The summed E-state index contributed by atoms with van der Waals surface area (Å²) in [5.41, 5.74) is 1.68. The second-order valence-electron chi connectivity index (χ2n) is 5.22. The smallest absolute Gasteiger partial charge is 0.270 e. The molecule has 8 nitrogen and oxygen atoms in total. The summed E-state index contributed by atoms with van der Waals surface area (Å²) in [4.78, 5) is 13.0. The number of nitro groups is 1. The van der Waals surface area contributed by atoms with Gasteiger partial charge < -0.3 is 10.3 Å². The monoisotopic (exact) mass is 346 g/mol. The van der Waals surface area contributed by atoms with E-state index in [-0.39, 0.29) is 16.3 Å². The number of benzene rings is 2. The topological polar surface area (TPSA) is 131 Å². The van der Waals surface area contributed by atoms with Gasteiger partial charge in [-0.2, -0.15) is 0 Å². The van der Waals surface area contributed by atoms with Crippen molar-refractivity contribution < 1.29 is 13.3 Å². The van der Waals surface area contributed by atoms with Gasteiger partial charge in [0, 0.05) is 23.3 Å². The zero-order valence-corrected chi connectivity index (χ0v) is 13.2. The normalized spacial score (nSPS) is 11.5. The molecule has 2 aromatic carbocycles. The molecule has 0 amide bonds. The SMILES string of the molecule is NS(=O)(=O)c1cc([N+](=O)[O-])ccc1NCc1cc2ccccc2[nH]1. The van der Waals surface area contributed by atoms with Crippen LogP contribution in [0.4, 0.5) is 11.4 Å². The van der Waals surface area contributed by atoms with E-state index in [9.17, 15) is 18.5 Å². The second kappa shape index (κ2) is 5.95. The average Bonchev–Trinajstić information content (AvgIpc) is 2.94. The molecular formula is C15H14N4O4S. The number of nitrogens with zero attached hydrogens (tertiary/aromatic N) is 1. The fourth-order valence-corrected chi connectivity index (χ4v) is 3.16. The van der Waals surface area contributed by atoms with Crippen LogP contribution in [0.15, 0.2) is 53.4 Å². The number of hydrogen-bond donors (Lipinski definition) is 3. The van der Waals surface area contributed by atoms with Crippen molar-refractivity contribution >= 4 is 32.3 Å². The summed E-state index contributed by atoms with van der Waals surface area (Å²) in [5.74, 6) is 0. The zero-order chi connectivity index (χ0) is 17.3. The number of nitrogens with two attached hydrogens (primary N) is 1. The first-order valence-corrected chi connectivity index (χ1v) is 8.51. The Balaban J connectivity index is 1.90. The standard InChI is InChI=1S/C15H14N4O4S/c16-24(22,23)15-8-12(19(20)21)5-6-14(15)17-9-11-7-10-3-1-2-4-13(10)18-11/h1-8,17-18H,9H2,(H2,16,22,23). The third-order valence-corrected chi connectivity index (χ3v) is 4.49. The number of hydrogen-bond acceptors (Lipinski definition) is 5. The molecule has 0 saturated carbocycles. The molecule has 124 valence electrons. The second-order valence-corrected chi connectivity index (χ2v) is 6.75. The molecule has 24 heavy (non-hydrogen) atoms. The number of H-pyrrole nitrogens is 1. The Bertz CT molecular complexity index is 994. The summed E-state index contributed by atoms with van der Waals surface area (Å²) in [7, 11) is -4.10. The maximum absolute atomic E-state index is 11.7. The Labute approximate surface area is 137 Å². The van der Waals surface area contributed by atoms with E-state index in [0.717, 1.165) is 22.7 Å². The Morgan fingerprint density at radius 2 is 1.92 bits per heavy atom. The highest BCUT2D eigenvalue weighted by Gasteiger charge is 2.19. The van der Waals surface area contributed by atoms with Gasteiger partial charge in [0.25, 0.3) is 5.69 Å². The number of fused-ring (bicyclic) bond motifs is 1. The van der Waals surface area contributed by atoms with Gasteiger partial charge in [-0.3, -0.25) is 10.1 Å². The maximum atomic E-state index is 11.7. The summed E-state index contributed by atoms with van der Waals surface area (Å²) in [6, 6.07) is 13.2. The number of nitro benzene ring substituents is 1. The van der Waals surface area contributed by atoms with Gasteiger partial charge in [-0.15, -0.1) is 0 Å². The molecule has 4 N–H and O–H groups in total. The third-order valence-electron chi connectivity index (χ3n) is 3.54. The van der Waals surface area contributed by atoms with Gasteiger partial charge in [-0.1, -0.05) is 18.2 Å². The molecule has 1 aromatic heterocycles. The van der Waals surface area contributed by atoms with E-state index in [1.54, 1.807) is 0 Å². The first kappa shape index (κ1) is 16.0. The third kappa shape index (κ3) is 3.21. The predicted molar refractivity (Wildman–Crippen MR) is 90.1 cm³/mol.